The van der Waals surface area contributed by atoms with Crippen LogP contribution in [0.1, 0.15) is 11.3 Å². The van der Waals surface area contributed by atoms with E-state index in [0.717, 1.165) is 5.69 Å². The molecule has 1 aromatic heterocycles. The lowest BCUT2D eigenvalue weighted by molar-refractivity contribution is 1.30. The molecule has 0 spiro atoms. The molecule has 1 heteroatoms. The van der Waals surface area contributed by atoms with Crippen molar-refractivity contribution in [3.05, 3.63) is 78.1 Å². The number of nitrogens with zero attached hydrogens (tertiary/aromatic N) is 1. The van der Waals surface area contributed by atoms with Crippen LogP contribution in [0.4, 0.5) is 0 Å². The van der Waals surface area contributed by atoms with Crippen molar-refractivity contribution in [2.24, 2.45) is 0 Å². The highest BCUT2D eigenvalue weighted by Crippen LogP contribution is 2.02. The summed E-state index contributed by atoms with van der Waals surface area (Å²) in [6.07, 6.45) is 9.86. The third-order valence-corrected chi connectivity index (χ3v) is 2.15. The summed E-state index contributed by atoms with van der Waals surface area (Å²) in [7, 11) is 0. The normalized spacial score (nSPS) is 11.2. The van der Waals surface area contributed by atoms with Crippen molar-refractivity contribution in [3.63, 3.8) is 0 Å². The Balaban J connectivity index is 1.98. The molecule has 0 saturated carbocycles. The summed E-state index contributed by atoms with van der Waals surface area (Å²) in [4.78, 5) is 4.20. The standard InChI is InChI=1S/C15H13N/c1-2-8-14(9-3-1)10-4-5-11-15-12-6-7-13-16-15/h1-13H/b10-4+,11-5-. The Morgan fingerprint density at radius 2 is 1.50 bits per heavy atom. The van der Waals surface area contributed by atoms with Crippen LogP contribution in [0.2, 0.25) is 0 Å². The van der Waals surface area contributed by atoms with Crippen LogP contribution >= 0.6 is 0 Å². The molecule has 0 bridgehead atoms. The lowest BCUT2D eigenvalue weighted by Gasteiger charge is -1.89. The van der Waals surface area contributed by atoms with Crippen LogP contribution < -0.4 is 0 Å². The molecule has 0 saturated heterocycles. The Morgan fingerprint density at radius 3 is 2.25 bits per heavy atom. The van der Waals surface area contributed by atoms with Crippen LogP contribution in [-0.4, -0.2) is 4.98 Å². The van der Waals surface area contributed by atoms with Crippen molar-refractivity contribution >= 4 is 12.2 Å². The summed E-state index contributed by atoms with van der Waals surface area (Å²) in [5, 5.41) is 0. The Kier molecular flexibility index (Phi) is 3.67. The molecule has 0 aliphatic heterocycles. The smallest absolute Gasteiger partial charge is 0.0629 e. The van der Waals surface area contributed by atoms with Gasteiger partial charge in [0.15, 0.2) is 0 Å². The van der Waals surface area contributed by atoms with Crippen LogP contribution in [0.3, 0.4) is 0 Å². The van der Waals surface area contributed by atoms with E-state index >= 15 is 0 Å². The number of rotatable bonds is 3. The molecule has 0 radical (unpaired) electrons. The van der Waals surface area contributed by atoms with Crippen LogP contribution in [0, 0.1) is 0 Å². The fraction of sp³-hybridized carbons (Fsp3) is 0. The SMILES string of the molecule is C(=C/c1ccccn1)/C=C/c1ccccc1. The van der Waals surface area contributed by atoms with Crippen molar-refractivity contribution in [1.29, 1.82) is 0 Å². The molecular weight excluding hydrogens is 194 g/mol. The predicted octanol–water partition coefficient (Wildman–Crippen LogP) is 3.81. The molecule has 0 aliphatic carbocycles. The van der Waals surface area contributed by atoms with Crippen molar-refractivity contribution in [2.45, 2.75) is 0 Å². The van der Waals surface area contributed by atoms with E-state index in [1.165, 1.54) is 5.56 Å². The average molecular weight is 207 g/mol. The molecule has 0 aliphatic rings. The van der Waals surface area contributed by atoms with Crippen molar-refractivity contribution in [3.8, 4) is 0 Å². The van der Waals surface area contributed by atoms with Crippen molar-refractivity contribution in [2.75, 3.05) is 0 Å². The van der Waals surface area contributed by atoms with E-state index in [1.807, 2.05) is 54.6 Å². The third kappa shape index (κ3) is 3.21. The van der Waals surface area contributed by atoms with Crippen LogP contribution in [-0.2, 0) is 0 Å². The van der Waals surface area contributed by atoms with E-state index in [2.05, 4.69) is 23.2 Å². The zero-order chi connectivity index (χ0) is 11.1. The minimum Gasteiger partial charge on any atom is -0.257 e. The molecule has 1 nitrogen and oxygen atoms in total. The van der Waals surface area contributed by atoms with E-state index in [4.69, 9.17) is 0 Å². The zero-order valence-electron chi connectivity index (χ0n) is 8.95. The fourth-order valence-electron chi connectivity index (χ4n) is 1.36. The minimum absolute atomic E-state index is 0.972. The maximum absolute atomic E-state index is 4.20. The first kappa shape index (κ1) is 10.4. The number of aromatic nitrogens is 1. The first-order valence-electron chi connectivity index (χ1n) is 5.26. The lowest BCUT2D eigenvalue weighted by Crippen LogP contribution is -1.75. The second-order valence-corrected chi connectivity index (χ2v) is 3.38. The summed E-state index contributed by atoms with van der Waals surface area (Å²) in [6.45, 7) is 0. The molecule has 0 unspecified atom stereocenters. The summed E-state index contributed by atoms with van der Waals surface area (Å²) in [5.41, 5.74) is 2.17. The molecule has 0 amide bonds. The second-order valence-electron chi connectivity index (χ2n) is 3.38. The van der Waals surface area contributed by atoms with Gasteiger partial charge in [-0.1, -0.05) is 54.6 Å². The zero-order valence-corrected chi connectivity index (χ0v) is 8.95. The average Bonchev–Trinajstić information content (AvgIpc) is 2.37. The Hall–Kier alpha value is -2.15. The minimum atomic E-state index is 0.972. The molecule has 0 atom stereocenters. The maximum atomic E-state index is 4.20. The Morgan fingerprint density at radius 1 is 0.750 bits per heavy atom. The van der Waals surface area contributed by atoms with Gasteiger partial charge in [-0.05, 0) is 23.8 Å². The van der Waals surface area contributed by atoms with Gasteiger partial charge in [0.25, 0.3) is 0 Å². The van der Waals surface area contributed by atoms with Gasteiger partial charge in [0, 0.05) is 6.20 Å². The van der Waals surface area contributed by atoms with Gasteiger partial charge in [0.05, 0.1) is 5.69 Å². The van der Waals surface area contributed by atoms with Gasteiger partial charge in [0.1, 0.15) is 0 Å². The molecule has 1 aromatic carbocycles. The van der Waals surface area contributed by atoms with Gasteiger partial charge in [-0.15, -0.1) is 0 Å². The predicted molar refractivity (Wildman–Crippen MR) is 68.7 cm³/mol. The highest BCUT2D eigenvalue weighted by Gasteiger charge is 1.82. The van der Waals surface area contributed by atoms with Gasteiger partial charge in [0.2, 0.25) is 0 Å². The molecule has 2 aromatic rings. The molecule has 78 valence electrons. The summed E-state index contributed by atoms with van der Waals surface area (Å²) >= 11 is 0. The van der Waals surface area contributed by atoms with E-state index in [-0.39, 0.29) is 0 Å². The number of pyridine rings is 1. The Bertz CT molecular complexity index is 422. The van der Waals surface area contributed by atoms with E-state index in [1.54, 1.807) is 6.20 Å². The van der Waals surface area contributed by atoms with Gasteiger partial charge in [-0.25, -0.2) is 0 Å². The van der Waals surface area contributed by atoms with Gasteiger partial charge < -0.3 is 0 Å². The quantitative estimate of drug-likeness (QED) is 0.697. The summed E-state index contributed by atoms with van der Waals surface area (Å²) in [6, 6.07) is 16.1. The third-order valence-electron chi connectivity index (χ3n) is 2.15. The molecular formula is C15H13N. The van der Waals surface area contributed by atoms with Crippen LogP contribution in [0.15, 0.2) is 66.9 Å². The number of allylic oxidation sites excluding steroid dienone is 2. The number of hydrogen-bond acceptors (Lipinski definition) is 1. The molecule has 0 fully saturated rings. The van der Waals surface area contributed by atoms with Crippen LogP contribution in [0.25, 0.3) is 12.2 Å². The van der Waals surface area contributed by atoms with Crippen molar-refractivity contribution < 1.29 is 0 Å². The fourth-order valence-corrected chi connectivity index (χ4v) is 1.36. The lowest BCUT2D eigenvalue weighted by atomic mass is 10.2. The Labute approximate surface area is 95.8 Å². The van der Waals surface area contributed by atoms with Gasteiger partial charge >= 0.3 is 0 Å². The monoisotopic (exact) mass is 207 g/mol. The highest BCUT2D eigenvalue weighted by molar-refractivity contribution is 5.55. The second kappa shape index (κ2) is 5.66. The summed E-state index contributed by atoms with van der Waals surface area (Å²) in [5.74, 6) is 0. The van der Waals surface area contributed by atoms with Crippen molar-refractivity contribution in [1.82, 2.24) is 4.98 Å². The molecule has 1 heterocycles. The first-order chi connectivity index (χ1) is 7.95. The molecule has 0 N–H and O–H groups in total. The van der Waals surface area contributed by atoms with Gasteiger partial charge in [-0.2, -0.15) is 0 Å². The van der Waals surface area contributed by atoms with Gasteiger partial charge in [-0.3, -0.25) is 4.98 Å². The summed E-state index contributed by atoms with van der Waals surface area (Å²) < 4.78 is 0. The number of hydrogen-bond donors (Lipinski definition) is 0. The largest absolute Gasteiger partial charge is 0.257 e. The van der Waals surface area contributed by atoms with E-state index < -0.39 is 0 Å². The van der Waals surface area contributed by atoms with E-state index in [9.17, 15) is 0 Å². The maximum Gasteiger partial charge on any atom is 0.0629 e. The molecule has 16 heavy (non-hydrogen) atoms. The van der Waals surface area contributed by atoms with Crippen LogP contribution in [0.5, 0.6) is 0 Å². The number of benzene rings is 1. The van der Waals surface area contributed by atoms with E-state index in [0.29, 0.717) is 0 Å². The topological polar surface area (TPSA) is 12.9 Å². The molecule has 2 rings (SSSR count). The first-order valence-corrected chi connectivity index (χ1v) is 5.26. The highest BCUT2D eigenvalue weighted by atomic mass is 14.6.